The maximum atomic E-state index is 11.6. The molecule has 1 unspecified atom stereocenters. The van der Waals surface area contributed by atoms with Crippen molar-refractivity contribution >= 4 is 17.2 Å². The number of amides is 1. The van der Waals surface area contributed by atoms with Crippen molar-refractivity contribution < 1.29 is 4.79 Å². The smallest absolute Gasteiger partial charge is 0.234 e. The van der Waals surface area contributed by atoms with Crippen LogP contribution in [0.15, 0.2) is 5.38 Å². The molecule has 0 aliphatic heterocycles. The van der Waals surface area contributed by atoms with Crippen molar-refractivity contribution in [3.63, 3.8) is 0 Å². The summed E-state index contributed by atoms with van der Waals surface area (Å²) in [4.78, 5) is 16.0. The largest absolute Gasteiger partial charge is 0.345 e. The number of nitrogens with one attached hydrogen (secondary N) is 2. The first-order valence-corrected chi connectivity index (χ1v) is 6.44. The normalized spacial score (nSPS) is 17.1. The molecule has 0 spiro atoms. The molecule has 2 N–H and O–H groups in total. The highest BCUT2D eigenvalue weighted by Gasteiger charge is 2.34. The van der Waals surface area contributed by atoms with Crippen LogP contribution >= 0.6 is 11.3 Å². The molecule has 1 atom stereocenters. The van der Waals surface area contributed by atoms with Crippen molar-refractivity contribution in [1.82, 2.24) is 15.6 Å². The maximum absolute atomic E-state index is 11.6. The van der Waals surface area contributed by atoms with Gasteiger partial charge < -0.3 is 10.6 Å². The zero-order valence-electron chi connectivity index (χ0n) is 9.62. The standard InChI is InChI=1S/C11H17N3OS/c1-7-6-16-11(13-7)10(8-3-4-8)14-9(15)5-12-2/h6,8,10,12H,3-5H2,1-2H3,(H,14,15). The lowest BCUT2D eigenvalue weighted by atomic mass is 10.2. The number of likely N-dealkylation sites (N-methyl/N-ethyl adjacent to an activating group) is 1. The quantitative estimate of drug-likeness (QED) is 0.813. The van der Waals surface area contributed by atoms with Crippen LogP contribution in [0.1, 0.15) is 29.6 Å². The number of rotatable bonds is 5. The van der Waals surface area contributed by atoms with E-state index in [-0.39, 0.29) is 11.9 Å². The highest BCUT2D eigenvalue weighted by Crippen LogP contribution is 2.41. The van der Waals surface area contributed by atoms with Crippen LogP contribution in [0.5, 0.6) is 0 Å². The topological polar surface area (TPSA) is 54.0 Å². The van der Waals surface area contributed by atoms with Crippen LogP contribution < -0.4 is 10.6 Å². The average Bonchev–Trinajstić information content (AvgIpc) is 2.98. The number of aryl methyl sites for hydroxylation is 1. The second-order valence-corrected chi connectivity index (χ2v) is 5.13. The van der Waals surface area contributed by atoms with Crippen LogP contribution in [0, 0.1) is 12.8 Å². The van der Waals surface area contributed by atoms with Gasteiger partial charge in [-0.1, -0.05) is 0 Å². The van der Waals surface area contributed by atoms with Crippen molar-refractivity contribution in [2.75, 3.05) is 13.6 Å². The van der Waals surface area contributed by atoms with Crippen LogP contribution in [-0.4, -0.2) is 24.5 Å². The van der Waals surface area contributed by atoms with E-state index >= 15 is 0 Å². The molecule has 88 valence electrons. The molecule has 1 aromatic heterocycles. The summed E-state index contributed by atoms with van der Waals surface area (Å²) >= 11 is 1.64. The lowest BCUT2D eigenvalue weighted by Gasteiger charge is -2.15. The monoisotopic (exact) mass is 239 g/mol. The summed E-state index contributed by atoms with van der Waals surface area (Å²) in [5.41, 5.74) is 1.04. The van der Waals surface area contributed by atoms with Crippen molar-refractivity contribution in [2.24, 2.45) is 5.92 Å². The van der Waals surface area contributed by atoms with E-state index in [1.54, 1.807) is 18.4 Å². The van der Waals surface area contributed by atoms with E-state index in [2.05, 4.69) is 15.6 Å². The minimum atomic E-state index is 0.0484. The Kier molecular flexibility index (Phi) is 3.56. The Morgan fingerprint density at radius 2 is 2.44 bits per heavy atom. The number of carbonyl (C=O) groups excluding carboxylic acids is 1. The van der Waals surface area contributed by atoms with Crippen LogP contribution in [0.25, 0.3) is 0 Å². The SMILES string of the molecule is CNCC(=O)NC(c1nc(C)cs1)C1CC1. The molecule has 1 saturated carbocycles. The predicted octanol–water partition coefficient (Wildman–Crippen LogP) is 1.24. The van der Waals surface area contributed by atoms with Gasteiger partial charge >= 0.3 is 0 Å². The summed E-state index contributed by atoms with van der Waals surface area (Å²) in [5.74, 6) is 0.638. The summed E-state index contributed by atoms with van der Waals surface area (Å²) in [6.45, 7) is 2.35. The predicted molar refractivity (Wildman–Crippen MR) is 64.4 cm³/mol. The van der Waals surface area contributed by atoms with E-state index in [1.165, 1.54) is 12.8 Å². The summed E-state index contributed by atoms with van der Waals surface area (Å²) in [7, 11) is 1.78. The van der Waals surface area contributed by atoms with E-state index in [0.29, 0.717) is 12.5 Å². The van der Waals surface area contributed by atoms with Gasteiger partial charge in [0.1, 0.15) is 5.01 Å². The molecule has 1 aliphatic carbocycles. The Hall–Kier alpha value is -0.940. The number of thiazole rings is 1. The van der Waals surface area contributed by atoms with Gasteiger partial charge in [0.05, 0.1) is 12.6 Å². The lowest BCUT2D eigenvalue weighted by Crippen LogP contribution is -2.35. The summed E-state index contributed by atoms with van der Waals surface area (Å²) in [6.07, 6.45) is 2.40. The zero-order valence-corrected chi connectivity index (χ0v) is 10.4. The highest BCUT2D eigenvalue weighted by atomic mass is 32.1. The van der Waals surface area contributed by atoms with Gasteiger partial charge in [0.25, 0.3) is 0 Å². The Morgan fingerprint density at radius 3 is 2.94 bits per heavy atom. The Bertz CT molecular complexity index is 373. The summed E-state index contributed by atoms with van der Waals surface area (Å²) in [5, 5.41) is 9.00. The summed E-state index contributed by atoms with van der Waals surface area (Å²) < 4.78 is 0. The average molecular weight is 239 g/mol. The third-order valence-electron chi connectivity index (χ3n) is 2.65. The molecular formula is C11H17N3OS. The molecular weight excluding hydrogens is 222 g/mol. The van der Waals surface area contributed by atoms with E-state index < -0.39 is 0 Å². The molecule has 0 aromatic carbocycles. The molecule has 0 radical (unpaired) electrons. The number of carbonyl (C=O) groups is 1. The fourth-order valence-electron chi connectivity index (χ4n) is 1.71. The highest BCUT2D eigenvalue weighted by molar-refractivity contribution is 7.09. The first-order chi connectivity index (χ1) is 7.70. The molecule has 16 heavy (non-hydrogen) atoms. The minimum absolute atomic E-state index is 0.0484. The van der Waals surface area contributed by atoms with Crippen LogP contribution in [0.2, 0.25) is 0 Å². The fourth-order valence-corrected chi connectivity index (χ4v) is 2.65. The number of nitrogens with zero attached hydrogens (tertiary/aromatic N) is 1. The molecule has 1 aromatic rings. The third kappa shape index (κ3) is 2.80. The van der Waals surface area contributed by atoms with E-state index in [1.807, 2.05) is 12.3 Å². The van der Waals surface area contributed by atoms with Crippen molar-refractivity contribution in [1.29, 1.82) is 0 Å². The van der Waals surface area contributed by atoms with Crippen LogP contribution in [-0.2, 0) is 4.79 Å². The van der Waals surface area contributed by atoms with Gasteiger partial charge in [0.2, 0.25) is 5.91 Å². The molecule has 0 saturated heterocycles. The number of aromatic nitrogens is 1. The minimum Gasteiger partial charge on any atom is -0.345 e. The Morgan fingerprint density at radius 1 is 1.69 bits per heavy atom. The second-order valence-electron chi connectivity index (χ2n) is 4.24. The van der Waals surface area contributed by atoms with Gasteiger partial charge in [-0.15, -0.1) is 11.3 Å². The van der Waals surface area contributed by atoms with Gasteiger partial charge in [-0.25, -0.2) is 4.98 Å². The van der Waals surface area contributed by atoms with E-state index in [4.69, 9.17) is 0 Å². The van der Waals surface area contributed by atoms with Crippen LogP contribution in [0.3, 0.4) is 0 Å². The molecule has 2 rings (SSSR count). The van der Waals surface area contributed by atoms with Gasteiger partial charge in [-0.2, -0.15) is 0 Å². The molecule has 1 amide bonds. The maximum Gasteiger partial charge on any atom is 0.234 e. The van der Waals surface area contributed by atoms with Gasteiger partial charge in [-0.05, 0) is 32.7 Å². The van der Waals surface area contributed by atoms with Gasteiger partial charge in [-0.3, -0.25) is 4.79 Å². The van der Waals surface area contributed by atoms with Gasteiger partial charge in [0.15, 0.2) is 0 Å². The second kappa shape index (κ2) is 4.93. The van der Waals surface area contributed by atoms with E-state index in [0.717, 1.165) is 10.7 Å². The molecule has 5 heteroatoms. The first-order valence-electron chi connectivity index (χ1n) is 5.56. The summed E-state index contributed by atoms with van der Waals surface area (Å²) in [6, 6.07) is 0.125. The van der Waals surface area contributed by atoms with Crippen molar-refractivity contribution in [3.05, 3.63) is 16.1 Å². The molecule has 1 heterocycles. The van der Waals surface area contributed by atoms with Crippen LogP contribution in [0.4, 0.5) is 0 Å². The molecule has 0 bridgehead atoms. The first kappa shape index (κ1) is 11.5. The van der Waals surface area contributed by atoms with Crippen molar-refractivity contribution in [3.8, 4) is 0 Å². The third-order valence-corrected chi connectivity index (χ3v) is 3.70. The number of hydrogen-bond acceptors (Lipinski definition) is 4. The molecule has 1 aliphatic rings. The van der Waals surface area contributed by atoms with Gasteiger partial charge in [0, 0.05) is 11.1 Å². The fraction of sp³-hybridized carbons (Fsp3) is 0.636. The Balaban J connectivity index is 2.03. The zero-order chi connectivity index (χ0) is 11.5. The molecule has 1 fully saturated rings. The molecule has 4 nitrogen and oxygen atoms in total. The van der Waals surface area contributed by atoms with Crippen molar-refractivity contribution in [2.45, 2.75) is 25.8 Å². The van der Waals surface area contributed by atoms with E-state index in [9.17, 15) is 4.79 Å². The Labute approximate surface area is 99.5 Å². The lowest BCUT2D eigenvalue weighted by molar-refractivity contribution is -0.121. The number of hydrogen-bond donors (Lipinski definition) is 2.